The van der Waals surface area contributed by atoms with Crippen LogP contribution in [0, 0.1) is 0 Å². The number of piperazine rings is 1. The summed E-state index contributed by atoms with van der Waals surface area (Å²) in [6.07, 6.45) is 6.09. The molecule has 0 bridgehead atoms. The number of nitrogens with zero attached hydrogens (tertiary/aromatic N) is 2. The molecule has 0 saturated carbocycles. The molecule has 0 radical (unpaired) electrons. The molecule has 3 aliphatic rings. The molecular formula is C28H35ClN4O4S. The summed E-state index contributed by atoms with van der Waals surface area (Å²) in [5.74, 6) is -0.780. The predicted molar refractivity (Wildman–Crippen MR) is 146 cm³/mol. The number of halogens is 1. The van der Waals surface area contributed by atoms with E-state index in [2.05, 4.69) is 33.7 Å². The largest absolute Gasteiger partial charge is 0.353 e. The SMILES string of the molecule is O=C(C[C@@H]1C(=O)NCCN1S(=O)(=O)c1ccc(Cl)cc1)N[C@@H]1CCc2cc(CN3CCCCC3)ccc2C1. The highest BCUT2D eigenvalue weighted by Gasteiger charge is 2.40. The van der Waals surface area contributed by atoms with Gasteiger partial charge < -0.3 is 10.6 Å². The van der Waals surface area contributed by atoms with Gasteiger partial charge in [-0.05, 0) is 86.1 Å². The average molecular weight is 559 g/mol. The van der Waals surface area contributed by atoms with Crippen molar-refractivity contribution in [2.24, 2.45) is 0 Å². The van der Waals surface area contributed by atoms with E-state index in [4.69, 9.17) is 11.6 Å². The molecule has 2 aromatic carbocycles. The van der Waals surface area contributed by atoms with E-state index in [0.717, 1.165) is 30.1 Å². The lowest BCUT2D eigenvalue weighted by molar-refractivity contribution is -0.131. The quantitative estimate of drug-likeness (QED) is 0.544. The van der Waals surface area contributed by atoms with Crippen molar-refractivity contribution in [3.05, 3.63) is 64.2 Å². The molecule has 2 heterocycles. The second kappa shape index (κ2) is 11.7. The van der Waals surface area contributed by atoms with Crippen molar-refractivity contribution in [3.63, 3.8) is 0 Å². The maximum Gasteiger partial charge on any atom is 0.243 e. The normalized spacial score (nSPS) is 22.9. The molecule has 10 heteroatoms. The van der Waals surface area contributed by atoms with Gasteiger partial charge in [0.05, 0.1) is 11.3 Å². The Morgan fingerprint density at radius 2 is 1.79 bits per heavy atom. The van der Waals surface area contributed by atoms with Crippen molar-refractivity contribution in [2.45, 2.75) is 68.5 Å². The summed E-state index contributed by atoms with van der Waals surface area (Å²) in [6.45, 7) is 3.63. The first-order chi connectivity index (χ1) is 18.3. The van der Waals surface area contributed by atoms with E-state index in [-0.39, 0.29) is 36.4 Å². The van der Waals surface area contributed by atoms with Crippen molar-refractivity contribution >= 4 is 33.4 Å². The lowest BCUT2D eigenvalue weighted by Gasteiger charge is -2.34. The molecule has 2 aromatic rings. The van der Waals surface area contributed by atoms with Gasteiger partial charge in [0, 0.05) is 30.7 Å². The molecule has 2 N–H and O–H groups in total. The van der Waals surface area contributed by atoms with Crippen LogP contribution in [0.4, 0.5) is 0 Å². The Morgan fingerprint density at radius 1 is 1.03 bits per heavy atom. The van der Waals surface area contributed by atoms with E-state index in [1.165, 1.54) is 73.3 Å². The number of sulfonamides is 1. The molecule has 2 atom stereocenters. The highest BCUT2D eigenvalue weighted by Crippen LogP contribution is 2.26. The second-order valence-corrected chi connectivity index (χ2v) is 12.9. The van der Waals surface area contributed by atoms with E-state index < -0.39 is 22.0 Å². The van der Waals surface area contributed by atoms with Gasteiger partial charge in [0.1, 0.15) is 6.04 Å². The number of rotatable bonds is 7. The number of likely N-dealkylation sites (tertiary alicyclic amines) is 1. The van der Waals surface area contributed by atoms with E-state index in [0.29, 0.717) is 5.02 Å². The number of nitrogens with one attached hydrogen (secondary N) is 2. The van der Waals surface area contributed by atoms with Crippen LogP contribution in [0.2, 0.25) is 5.02 Å². The predicted octanol–water partition coefficient (Wildman–Crippen LogP) is 2.88. The summed E-state index contributed by atoms with van der Waals surface area (Å²) in [5.41, 5.74) is 3.93. The number of amides is 2. The molecule has 2 saturated heterocycles. The van der Waals surface area contributed by atoms with Crippen molar-refractivity contribution in [1.82, 2.24) is 19.8 Å². The van der Waals surface area contributed by atoms with Gasteiger partial charge in [-0.3, -0.25) is 14.5 Å². The minimum absolute atomic E-state index is 0.0454. The van der Waals surface area contributed by atoms with Crippen LogP contribution in [-0.2, 0) is 39.0 Å². The van der Waals surface area contributed by atoms with Crippen molar-refractivity contribution < 1.29 is 18.0 Å². The molecule has 38 heavy (non-hydrogen) atoms. The lowest BCUT2D eigenvalue weighted by atomic mass is 9.87. The van der Waals surface area contributed by atoms with Gasteiger partial charge in [0.2, 0.25) is 21.8 Å². The van der Waals surface area contributed by atoms with Crippen molar-refractivity contribution in [2.75, 3.05) is 26.2 Å². The third-order valence-corrected chi connectivity index (χ3v) is 9.97. The number of piperidine rings is 1. The summed E-state index contributed by atoms with van der Waals surface area (Å²) in [5, 5.41) is 6.18. The second-order valence-electron chi connectivity index (χ2n) is 10.5. The Balaban J connectivity index is 1.21. The van der Waals surface area contributed by atoms with E-state index in [9.17, 15) is 18.0 Å². The van der Waals surface area contributed by atoms with Gasteiger partial charge in [-0.2, -0.15) is 4.31 Å². The monoisotopic (exact) mass is 558 g/mol. The molecule has 1 aliphatic carbocycles. The van der Waals surface area contributed by atoms with Crippen LogP contribution >= 0.6 is 11.6 Å². The zero-order valence-electron chi connectivity index (χ0n) is 21.5. The molecule has 0 aromatic heterocycles. The van der Waals surface area contributed by atoms with E-state index in [1.807, 2.05) is 0 Å². The van der Waals surface area contributed by atoms with E-state index in [1.54, 1.807) is 0 Å². The summed E-state index contributed by atoms with van der Waals surface area (Å²) in [7, 11) is -3.96. The minimum atomic E-state index is -3.96. The Bertz CT molecular complexity index is 1280. The van der Waals surface area contributed by atoms with Gasteiger partial charge in [-0.25, -0.2) is 8.42 Å². The maximum absolute atomic E-state index is 13.3. The van der Waals surface area contributed by atoms with Crippen LogP contribution in [0.25, 0.3) is 0 Å². The fourth-order valence-corrected chi connectivity index (χ4v) is 7.50. The standard InChI is InChI=1S/C28H35ClN4O4S/c29-23-7-10-25(11-8-23)38(36,37)33-15-12-30-28(35)26(33)18-27(34)31-24-9-6-21-16-20(4-5-22(21)17-24)19-32-13-2-1-3-14-32/h4-5,7-8,10-11,16,24,26H,1-3,6,9,12-15,17-19H2,(H,30,35)(H,31,34)/t24-,26-/m1/s1. The number of aryl methyl sites for hydroxylation is 1. The average Bonchev–Trinajstić information content (AvgIpc) is 2.90. The maximum atomic E-state index is 13.3. The molecule has 0 spiro atoms. The van der Waals surface area contributed by atoms with Crippen LogP contribution in [-0.4, -0.2) is 67.7 Å². The summed E-state index contributed by atoms with van der Waals surface area (Å²) in [6, 6.07) is 11.4. The van der Waals surface area contributed by atoms with Crippen LogP contribution in [0.5, 0.6) is 0 Å². The smallest absolute Gasteiger partial charge is 0.243 e. The first-order valence-corrected chi connectivity index (χ1v) is 15.3. The van der Waals surface area contributed by atoms with Crippen LogP contribution < -0.4 is 10.6 Å². The number of benzene rings is 2. The van der Waals surface area contributed by atoms with Gasteiger partial charge in [0.25, 0.3) is 0 Å². The fourth-order valence-electron chi connectivity index (χ4n) is 5.79. The van der Waals surface area contributed by atoms with E-state index >= 15 is 0 Å². The number of fused-ring (bicyclic) bond motifs is 1. The third-order valence-electron chi connectivity index (χ3n) is 7.80. The zero-order valence-corrected chi connectivity index (χ0v) is 23.1. The van der Waals surface area contributed by atoms with Crippen LogP contribution in [0.3, 0.4) is 0 Å². The summed E-state index contributed by atoms with van der Waals surface area (Å²) < 4.78 is 27.7. The molecule has 2 fully saturated rings. The van der Waals surface area contributed by atoms with Crippen LogP contribution in [0.15, 0.2) is 47.4 Å². The fraction of sp³-hybridized carbons (Fsp3) is 0.500. The number of hydrogen-bond acceptors (Lipinski definition) is 5. The minimum Gasteiger partial charge on any atom is -0.353 e. The summed E-state index contributed by atoms with van der Waals surface area (Å²) in [4.78, 5) is 28.3. The molecule has 204 valence electrons. The molecule has 2 amide bonds. The van der Waals surface area contributed by atoms with Crippen LogP contribution in [0.1, 0.15) is 48.8 Å². The summed E-state index contributed by atoms with van der Waals surface area (Å²) >= 11 is 5.91. The zero-order chi connectivity index (χ0) is 26.7. The Labute approximate surface area is 229 Å². The van der Waals surface area contributed by atoms with Gasteiger partial charge in [-0.1, -0.05) is 36.2 Å². The van der Waals surface area contributed by atoms with Gasteiger partial charge >= 0.3 is 0 Å². The van der Waals surface area contributed by atoms with Crippen molar-refractivity contribution in [1.29, 1.82) is 0 Å². The third kappa shape index (κ3) is 6.22. The molecule has 8 nitrogen and oxygen atoms in total. The molecule has 0 unspecified atom stereocenters. The molecule has 5 rings (SSSR count). The lowest BCUT2D eigenvalue weighted by Crippen LogP contribution is -2.58. The molecule has 2 aliphatic heterocycles. The number of carbonyl (C=O) groups excluding carboxylic acids is 2. The van der Waals surface area contributed by atoms with Gasteiger partial charge in [0.15, 0.2) is 0 Å². The first-order valence-electron chi connectivity index (χ1n) is 13.5. The van der Waals surface area contributed by atoms with Gasteiger partial charge in [-0.15, -0.1) is 0 Å². The Kier molecular flexibility index (Phi) is 8.38. The molecular weight excluding hydrogens is 524 g/mol. The Hall–Kier alpha value is -2.46. The number of carbonyl (C=O) groups is 2. The highest BCUT2D eigenvalue weighted by atomic mass is 35.5. The topological polar surface area (TPSA) is 98.8 Å². The number of hydrogen-bond donors (Lipinski definition) is 2. The highest BCUT2D eigenvalue weighted by molar-refractivity contribution is 7.89. The Morgan fingerprint density at radius 3 is 2.55 bits per heavy atom. The first kappa shape index (κ1) is 27.1. The van der Waals surface area contributed by atoms with Crippen molar-refractivity contribution in [3.8, 4) is 0 Å².